The second kappa shape index (κ2) is 5.74. The van der Waals surface area contributed by atoms with Gasteiger partial charge in [0.05, 0.1) is 6.61 Å². The first-order valence-electron chi connectivity index (χ1n) is 4.76. The summed E-state index contributed by atoms with van der Waals surface area (Å²) < 4.78 is 41.7. The van der Waals surface area contributed by atoms with Crippen molar-refractivity contribution in [3.05, 3.63) is 28.5 Å². The fraction of sp³-hybridized carbons (Fsp3) is 0.273. The highest BCUT2D eigenvalue weighted by atomic mass is 35.5. The van der Waals surface area contributed by atoms with Crippen LogP contribution in [-0.4, -0.2) is 17.6 Å². The molecule has 7 heteroatoms. The number of ether oxygens (including phenoxy) is 1. The fourth-order valence-corrected chi connectivity index (χ4v) is 1.21. The van der Waals surface area contributed by atoms with Crippen molar-refractivity contribution in [3.63, 3.8) is 0 Å². The molecule has 0 aliphatic rings. The number of hydrogen-bond acceptors (Lipinski definition) is 3. The molecular formula is C11H7ClF3NO2. The quantitative estimate of drug-likeness (QED) is 0.450. The van der Waals surface area contributed by atoms with Crippen LogP contribution in [0.5, 0.6) is 0 Å². The van der Waals surface area contributed by atoms with Gasteiger partial charge in [0.25, 0.3) is 0 Å². The van der Waals surface area contributed by atoms with E-state index in [2.05, 4.69) is 15.6 Å². The molecule has 0 aromatic carbocycles. The van der Waals surface area contributed by atoms with Gasteiger partial charge >= 0.3 is 12.1 Å². The van der Waals surface area contributed by atoms with Gasteiger partial charge < -0.3 is 4.74 Å². The Hall–Kier alpha value is -1.74. The molecule has 0 saturated carbocycles. The normalized spacial score (nSPS) is 10.5. The number of carbonyl (C=O) groups is 1. The van der Waals surface area contributed by atoms with Crippen LogP contribution in [0, 0.1) is 11.8 Å². The van der Waals surface area contributed by atoms with E-state index < -0.39 is 17.8 Å². The van der Waals surface area contributed by atoms with E-state index in [0.717, 1.165) is 6.07 Å². The number of pyridine rings is 1. The van der Waals surface area contributed by atoms with Gasteiger partial charge in [0.2, 0.25) is 0 Å². The molecule has 0 N–H and O–H groups in total. The van der Waals surface area contributed by atoms with Crippen LogP contribution in [-0.2, 0) is 15.7 Å². The number of hydrogen-bond donors (Lipinski definition) is 0. The third-order valence-corrected chi connectivity index (χ3v) is 1.86. The van der Waals surface area contributed by atoms with E-state index in [1.807, 2.05) is 5.92 Å². The van der Waals surface area contributed by atoms with Crippen molar-refractivity contribution in [2.45, 2.75) is 13.1 Å². The van der Waals surface area contributed by atoms with E-state index in [4.69, 9.17) is 11.6 Å². The Morgan fingerprint density at radius 2 is 2.17 bits per heavy atom. The molecule has 1 heterocycles. The third-order valence-electron chi connectivity index (χ3n) is 1.67. The molecule has 0 saturated heterocycles. The molecule has 3 nitrogen and oxygen atoms in total. The van der Waals surface area contributed by atoms with Gasteiger partial charge in [-0.25, -0.2) is 9.78 Å². The maximum Gasteiger partial charge on any atom is 0.433 e. The summed E-state index contributed by atoms with van der Waals surface area (Å²) in [6, 6.07) is 1.83. The van der Waals surface area contributed by atoms with E-state index in [-0.39, 0.29) is 17.3 Å². The lowest BCUT2D eigenvalue weighted by Crippen LogP contribution is -2.08. The second-order valence-corrected chi connectivity index (χ2v) is 3.42. The SMILES string of the molecule is CCOC(=O)C#Cc1cc(Cl)nc(C(F)(F)F)c1. The molecule has 0 fully saturated rings. The predicted octanol–water partition coefficient (Wildman–Crippen LogP) is 2.67. The summed E-state index contributed by atoms with van der Waals surface area (Å²) in [7, 11) is 0. The average molecular weight is 278 g/mol. The first-order chi connectivity index (χ1) is 8.32. The zero-order valence-electron chi connectivity index (χ0n) is 9.14. The molecular weight excluding hydrogens is 271 g/mol. The lowest BCUT2D eigenvalue weighted by atomic mass is 10.2. The van der Waals surface area contributed by atoms with Crippen LogP contribution in [0.1, 0.15) is 18.2 Å². The molecule has 0 atom stereocenters. The number of alkyl halides is 3. The number of halogens is 4. The smallest absolute Gasteiger partial charge is 0.433 e. The van der Waals surface area contributed by atoms with E-state index >= 15 is 0 Å². The first kappa shape index (κ1) is 14.3. The van der Waals surface area contributed by atoms with Crippen LogP contribution in [0.15, 0.2) is 12.1 Å². The number of carbonyl (C=O) groups excluding carboxylic acids is 1. The fourth-order valence-electron chi connectivity index (χ4n) is 1.00. The van der Waals surface area contributed by atoms with Crippen molar-refractivity contribution in [2.75, 3.05) is 6.61 Å². The zero-order chi connectivity index (χ0) is 13.8. The van der Waals surface area contributed by atoms with Crippen molar-refractivity contribution >= 4 is 17.6 Å². The summed E-state index contributed by atoms with van der Waals surface area (Å²) >= 11 is 5.44. The van der Waals surface area contributed by atoms with Crippen molar-refractivity contribution in [3.8, 4) is 11.8 Å². The second-order valence-electron chi connectivity index (χ2n) is 3.03. The number of esters is 1. The van der Waals surface area contributed by atoms with Crippen LogP contribution in [0.25, 0.3) is 0 Å². The summed E-state index contributed by atoms with van der Waals surface area (Å²) in [5.74, 6) is 3.45. The lowest BCUT2D eigenvalue weighted by Gasteiger charge is -2.05. The maximum atomic E-state index is 12.4. The highest BCUT2D eigenvalue weighted by molar-refractivity contribution is 6.29. The summed E-state index contributed by atoms with van der Waals surface area (Å²) in [4.78, 5) is 14.0. The highest BCUT2D eigenvalue weighted by Gasteiger charge is 2.33. The van der Waals surface area contributed by atoms with Gasteiger partial charge in [-0.1, -0.05) is 17.5 Å². The van der Waals surface area contributed by atoms with E-state index in [9.17, 15) is 18.0 Å². The average Bonchev–Trinajstić information content (AvgIpc) is 2.25. The molecule has 1 aromatic rings. The van der Waals surface area contributed by atoms with Crippen molar-refractivity contribution in [1.82, 2.24) is 4.98 Å². The molecule has 0 bridgehead atoms. The van der Waals surface area contributed by atoms with Gasteiger partial charge in [-0.05, 0) is 19.1 Å². The third kappa shape index (κ3) is 4.26. The summed E-state index contributed by atoms with van der Waals surface area (Å²) in [5, 5.41) is -0.349. The minimum atomic E-state index is -4.62. The van der Waals surface area contributed by atoms with E-state index in [0.29, 0.717) is 6.07 Å². The largest absolute Gasteiger partial charge is 0.456 e. The van der Waals surface area contributed by atoms with Crippen LogP contribution < -0.4 is 0 Å². The Bertz CT molecular complexity index is 517. The number of rotatable bonds is 1. The first-order valence-corrected chi connectivity index (χ1v) is 5.14. The molecule has 1 aromatic heterocycles. The minimum absolute atomic E-state index is 0.0598. The van der Waals surface area contributed by atoms with E-state index in [1.165, 1.54) is 0 Å². The molecule has 0 aliphatic carbocycles. The van der Waals surface area contributed by atoms with Crippen LogP contribution in [0.4, 0.5) is 13.2 Å². The Labute approximate surface area is 106 Å². The Morgan fingerprint density at radius 3 is 2.72 bits per heavy atom. The number of aromatic nitrogens is 1. The van der Waals surface area contributed by atoms with Crippen LogP contribution >= 0.6 is 11.6 Å². The molecule has 96 valence electrons. The lowest BCUT2D eigenvalue weighted by molar-refractivity contribution is -0.141. The molecule has 0 spiro atoms. The van der Waals surface area contributed by atoms with Gasteiger partial charge in [-0.3, -0.25) is 0 Å². The summed E-state index contributed by atoms with van der Waals surface area (Å²) in [5.41, 5.74) is -1.22. The molecule has 0 radical (unpaired) electrons. The monoisotopic (exact) mass is 277 g/mol. The van der Waals surface area contributed by atoms with Gasteiger partial charge in [0.15, 0.2) is 0 Å². The van der Waals surface area contributed by atoms with Crippen molar-refractivity contribution in [2.24, 2.45) is 0 Å². The van der Waals surface area contributed by atoms with Gasteiger partial charge in [0.1, 0.15) is 10.8 Å². The van der Waals surface area contributed by atoms with E-state index in [1.54, 1.807) is 6.92 Å². The molecule has 0 unspecified atom stereocenters. The highest BCUT2D eigenvalue weighted by Crippen LogP contribution is 2.29. The standard InChI is InChI=1S/C11H7ClF3NO2/c1-2-18-10(17)4-3-7-5-8(11(13,14)15)16-9(12)6-7/h5-6H,2H2,1H3. The zero-order valence-corrected chi connectivity index (χ0v) is 9.89. The predicted molar refractivity (Wildman–Crippen MR) is 57.8 cm³/mol. The number of nitrogens with zero attached hydrogens (tertiary/aromatic N) is 1. The molecule has 1 rings (SSSR count). The van der Waals surface area contributed by atoms with Crippen LogP contribution in [0.3, 0.4) is 0 Å². The Morgan fingerprint density at radius 1 is 1.50 bits per heavy atom. The minimum Gasteiger partial charge on any atom is -0.456 e. The van der Waals surface area contributed by atoms with Gasteiger partial charge in [-0.15, -0.1) is 0 Å². The molecule has 18 heavy (non-hydrogen) atoms. The maximum absolute atomic E-state index is 12.4. The molecule has 0 aliphatic heterocycles. The Kier molecular flexibility index (Phi) is 4.56. The van der Waals surface area contributed by atoms with Gasteiger partial charge in [-0.2, -0.15) is 13.2 Å². The van der Waals surface area contributed by atoms with Crippen molar-refractivity contribution < 1.29 is 22.7 Å². The van der Waals surface area contributed by atoms with Crippen LogP contribution in [0.2, 0.25) is 5.15 Å². The van der Waals surface area contributed by atoms with Crippen molar-refractivity contribution in [1.29, 1.82) is 0 Å². The summed E-state index contributed by atoms with van der Waals surface area (Å²) in [6.45, 7) is 1.73. The molecule has 0 amide bonds. The van der Waals surface area contributed by atoms with Gasteiger partial charge in [0, 0.05) is 11.5 Å². The topological polar surface area (TPSA) is 39.2 Å². The summed E-state index contributed by atoms with van der Waals surface area (Å²) in [6.07, 6.45) is -4.62. The Balaban J connectivity index is 3.04.